The molecule has 1 amide bonds. The number of para-hydroxylation sites is 1. The summed E-state index contributed by atoms with van der Waals surface area (Å²) in [6, 6.07) is 19.4. The van der Waals surface area contributed by atoms with Crippen molar-refractivity contribution in [3.8, 4) is 16.3 Å². The van der Waals surface area contributed by atoms with E-state index in [9.17, 15) is 4.79 Å². The van der Waals surface area contributed by atoms with Crippen LogP contribution >= 0.6 is 11.3 Å². The number of hydrogen-bond acceptors (Lipinski definition) is 4. The number of aromatic nitrogens is 1. The van der Waals surface area contributed by atoms with Gasteiger partial charge in [-0.1, -0.05) is 24.3 Å². The minimum absolute atomic E-state index is 0.143. The normalized spacial score (nSPS) is 10.8. The van der Waals surface area contributed by atoms with Crippen LogP contribution in [0.25, 0.3) is 20.8 Å². The Bertz CT molecular complexity index is 1150. The summed E-state index contributed by atoms with van der Waals surface area (Å²) in [4.78, 5) is 17.5. The first kappa shape index (κ1) is 18.2. The van der Waals surface area contributed by atoms with Crippen molar-refractivity contribution < 1.29 is 9.53 Å². The van der Waals surface area contributed by atoms with Gasteiger partial charge in [0, 0.05) is 16.8 Å². The fraction of sp³-hybridized carbons (Fsp3) is 0.130. The highest BCUT2D eigenvalue weighted by Crippen LogP contribution is 2.34. The lowest BCUT2D eigenvalue weighted by Gasteiger charge is -2.12. The average Bonchev–Trinajstić information content (AvgIpc) is 3.13. The smallest absolute Gasteiger partial charge is 0.255 e. The number of rotatable bonds is 4. The van der Waals surface area contributed by atoms with Crippen molar-refractivity contribution in [2.45, 2.75) is 13.8 Å². The van der Waals surface area contributed by atoms with Crippen LogP contribution in [0.5, 0.6) is 5.75 Å². The summed E-state index contributed by atoms with van der Waals surface area (Å²) >= 11 is 1.66. The van der Waals surface area contributed by atoms with E-state index >= 15 is 0 Å². The van der Waals surface area contributed by atoms with E-state index in [1.807, 2.05) is 62.4 Å². The number of ether oxygens (including phenoxy) is 1. The Hall–Kier alpha value is -3.18. The van der Waals surface area contributed by atoms with Gasteiger partial charge < -0.3 is 10.1 Å². The van der Waals surface area contributed by atoms with E-state index in [0.717, 1.165) is 43.4 Å². The Morgan fingerprint density at radius 2 is 1.86 bits per heavy atom. The monoisotopic (exact) mass is 388 g/mol. The molecule has 0 radical (unpaired) electrons. The zero-order valence-corrected chi connectivity index (χ0v) is 16.8. The maximum absolute atomic E-state index is 12.7. The number of nitrogens with one attached hydrogen (secondary N) is 1. The summed E-state index contributed by atoms with van der Waals surface area (Å²) < 4.78 is 6.42. The molecule has 0 atom stereocenters. The molecule has 0 unspecified atom stereocenters. The van der Waals surface area contributed by atoms with Crippen LogP contribution in [-0.2, 0) is 0 Å². The number of carbonyl (C=O) groups excluding carboxylic acids is 1. The summed E-state index contributed by atoms with van der Waals surface area (Å²) in [7, 11) is 1.62. The van der Waals surface area contributed by atoms with Gasteiger partial charge in [-0.05, 0) is 61.4 Å². The predicted molar refractivity (Wildman–Crippen MR) is 115 cm³/mol. The molecule has 1 aromatic heterocycles. The summed E-state index contributed by atoms with van der Waals surface area (Å²) in [6.45, 7) is 3.94. The molecule has 4 rings (SSSR count). The van der Waals surface area contributed by atoms with Crippen LogP contribution in [0.4, 0.5) is 5.69 Å². The van der Waals surface area contributed by atoms with Crippen molar-refractivity contribution in [2.24, 2.45) is 0 Å². The molecule has 28 heavy (non-hydrogen) atoms. The number of carbonyl (C=O) groups is 1. The number of amides is 1. The molecule has 5 heteroatoms. The molecular formula is C23H20N2O2S. The third-order valence-corrected chi connectivity index (χ3v) is 5.83. The number of hydrogen-bond donors (Lipinski definition) is 1. The third kappa shape index (κ3) is 3.37. The van der Waals surface area contributed by atoms with Gasteiger partial charge in [-0.25, -0.2) is 4.98 Å². The maximum atomic E-state index is 12.7. The first-order valence-electron chi connectivity index (χ1n) is 8.98. The van der Waals surface area contributed by atoms with E-state index < -0.39 is 0 Å². The van der Waals surface area contributed by atoms with E-state index in [4.69, 9.17) is 9.72 Å². The van der Waals surface area contributed by atoms with E-state index in [2.05, 4.69) is 11.4 Å². The number of thiazole rings is 1. The molecule has 1 heterocycles. The first-order valence-corrected chi connectivity index (χ1v) is 9.80. The number of anilines is 1. The zero-order chi connectivity index (χ0) is 19.7. The number of aryl methyl sites for hydroxylation is 1. The maximum Gasteiger partial charge on any atom is 0.255 e. The van der Waals surface area contributed by atoms with Crippen molar-refractivity contribution >= 4 is 33.1 Å². The molecule has 0 aliphatic heterocycles. The van der Waals surface area contributed by atoms with Crippen molar-refractivity contribution in [3.63, 3.8) is 0 Å². The minimum atomic E-state index is -0.143. The lowest BCUT2D eigenvalue weighted by molar-refractivity contribution is 0.102. The highest BCUT2D eigenvalue weighted by molar-refractivity contribution is 7.21. The number of benzene rings is 3. The lowest BCUT2D eigenvalue weighted by atomic mass is 10.1. The second-order valence-electron chi connectivity index (χ2n) is 6.60. The molecule has 0 fully saturated rings. The quantitative estimate of drug-likeness (QED) is 0.478. The molecule has 0 spiro atoms. The van der Waals surface area contributed by atoms with Gasteiger partial charge in [-0.2, -0.15) is 0 Å². The van der Waals surface area contributed by atoms with Gasteiger partial charge in [0.05, 0.1) is 17.3 Å². The molecule has 140 valence electrons. The fourth-order valence-corrected chi connectivity index (χ4v) is 4.25. The van der Waals surface area contributed by atoms with Crippen LogP contribution in [0.1, 0.15) is 21.5 Å². The van der Waals surface area contributed by atoms with Crippen LogP contribution in [0.15, 0.2) is 60.7 Å². The molecule has 0 saturated carbocycles. The molecular weight excluding hydrogens is 368 g/mol. The zero-order valence-electron chi connectivity index (χ0n) is 15.9. The molecule has 4 aromatic rings. The SMILES string of the molecule is COc1ccc(C(=O)Nc2cccc(-c3nc4ccccc4s3)c2C)cc1C. The molecule has 0 saturated heterocycles. The predicted octanol–water partition coefficient (Wildman–Crippen LogP) is 5.84. The van der Waals surface area contributed by atoms with Gasteiger partial charge in [-0.15, -0.1) is 11.3 Å². The van der Waals surface area contributed by atoms with Crippen molar-refractivity contribution in [1.29, 1.82) is 0 Å². The first-order chi connectivity index (χ1) is 13.6. The molecule has 0 aliphatic carbocycles. The lowest BCUT2D eigenvalue weighted by Crippen LogP contribution is -2.13. The highest BCUT2D eigenvalue weighted by atomic mass is 32.1. The summed E-state index contributed by atoms with van der Waals surface area (Å²) in [5, 5.41) is 3.99. The van der Waals surface area contributed by atoms with Gasteiger partial charge in [0.1, 0.15) is 10.8 Å². The summed E-state index contributed by atoms with van der Waals surface area (Å²) in [6.07, 6.45) is 0. The third-order valence-electron chi connectivity index (χ3n) is 4.76. The van der Waals surface area contributed by atoms with Gasteiger partial charge in [0.2, 0.25) is 0 Å². The van der Waals surface area contributed by atoms with E-state index in [0.29, 0.717) is 5.56 Å². The van der Waals surface area contributed by atoms with Crippen molar-refractivity contribution in [2.75, 3.05) is 12.4 Å². The van der Waals surface area contributed by atoms with Crippen molar-refractivity contribution in [3.05, 3.63) is 77.4 Å². The topological polar surface area (TPSA) is 51.2 Å². The van der Waals surface area contributed by atoms with Gasteiger partial charge in [-0.3, -0.25) is 4.79 Å². The number of nitrogens with zero attached hydrogens (tertiary/aromatic N) is 1. The Balaban J connectivity index is 1.65. The van der Waals surface area contributed by atoms with Crippen LogP contribution in [0.3, 0.4) is 0 Å². The standard InChI is InChI=1S/C23H20N2O2S/c1-14-13-16(11-12-20(14)27-3)22(26)24-18-9-6-7-17(15(18)2)23-25-19-8-4-5-10-21(19)28-23/h4-13H,1-3H3,(H,24,26). The summed E-state index contributed by atoms with van der Waals surface area (Å²) in [5.74, 6) is 0.626. The minimum Gasteiger partial charge on any atom is -0.496 e. The second kappa shape index (κ2) is 7.44. The van der Waals surface area contributed by atoms with E-state index in [-0.39, 0.29) is 5.91 Å². The van der Waals surface area contributed by atoms with Gasteiger partial charge in [0.15, 0.2) is 0 Å². The van der Waals surface area contributed by atoms with E-state index in [1.165, 1.54) is 0 Å². The number of fused-ring (bicyclic) bond motifs is 1. The Labute approximate surface area is 167 Å². The highest BCUT2D eigenvalue weighted by Gasteiger charge is 2.14. The average molecular weight is 388 g/mol. The summed E-state index contributed by atoms with van der Waals surface area (Å²) in [5.41, 5.74) is 5.34. The number of methoxy groups -OCH3 is 1. The van der Waals surface area contributed by atoms with Crippen LogP contribution in [0.2, 0.25) is 0 Å². The molecule has 0 bridgehead atoms. The van der Waals surface area contributed by atoms with Crippen LogP contribution in [-0.4, -0.2) is 18.0 Å². The van der Waals surface area contributed by atoms with Crippen molar-refractivity contribution in [1.82, 2.24) is 4.98 Å². The Morgan fingerprint density at radius 1 is 1.04 bits per heavy atom. The van der Waals surface area contributed by atoms with Gasteiger partial charge in [0.25, 0.3) is 5.91 Å². The molecule has 1 N–H and O–H groups in total. The molecule has 0 aliphatic rings. The Morgan fingerprint density at radius 3 is 2.61 bits per heavy atom. The van der Waals surface area contributed by atoms with E-state index in [1.54, 1.807) is 24.5 Å². The van der Waals surface area contributed by atoms with Crippen LogP contribution < -0.4 is 10.1 Å². The Kier molecular flexibility index (Phi) is 4.84. The molecule has 4 nitrogen and oxygen atoms in total. The van der Waals surface area contributed by atoms with Crippen LogP contribution in [0, 0.1) is 13.8 Å². The largest absolute Gasteiger partial charge is 0.496 e. The molecule has 3 aromatic carbocycles. The van der Waals surface area contributed by atoms with Gasteiger partial charge >= 0.3 is 0 Å². The second-order valence-corrected chi connectivity index (χ2v) is 7.63. The fourth-order valence-electron chi connectivity index (χ4n) is 3.20.